The van der Waals surface area contributed by atoms with Crippen molar-refractivity contribution in [3.05, 3.63) is 62.0 Å². The Morgan fingerprint density at radius 2 is 1.48 bits per heavy atom. The number of nitrogens with zero attached hydrogens (tertiary/aromatic N) is 2. The van der Waals surface area contributed by atoms with Gasteiger partial charge in [-0.25, -0.2) is 9.97 Å². The van der Waals surface area contributed by atoms with Crippen LogP contribution in [0, 0.1) is 6.92 Å². The molecule has 0 aliphatic carbocycles. The Morgan fingerprint density at radius 3 is 2.00 bits per heavy atom. The molecule has 1 unspecified atom stereocenters. The van der Waals surface area contributed by atoms with Crippen LogP contribution in [0.3, 0.4) is 0 Å². The number of halogens is 6. The summed E-state index contributed by atoms with van der Waals surface area (Å²) in [5, 5.41) is -2.40. The van der Waals surface area contributed by atoms with Crippen molar-refractivity contribution in [1.29, 1.82) is 0 Å². The van der Waals surface area contributed by atoms with Gasteiger partial charge in [-0.1, -0.05) is 17.7 Å². The summed E-state index contributed by atoms with van der Waals surface area (Å²) in [5.74, 6) is 0. The minimum absolute atomic E-state index is 0.0154. The number of benzene rings is 1. The Bertz CT molecular complexity index is 1150. The second-order valence-corrected chi connectivity index (χ2v) is 10.0. The fourth-order valence-electron chi connectivity index (χ4n) is 2.38. The largest absolute Gasteiger partial charge is 0.443 e. The average Bonchev–Trinajstić information content (AvgIpc) is 3.30. The first-order chi connectivity index (χ1) is 14.3. The number of alkyl halides is 6. The van der Waals surface area contributed by atoms with E-state index in [1.807, 2.05) is 0 Å². The van der Waals surface area contributed by atoms with E-state index in [4.69, 9.17) is 4.18 Å². The predicted molar refractivity (Wildman–Crippen MR) is 100 cm³/mol. The summed E-state index contributed by atoms with van der Waals surface area (Å²) >= 11 is 0.404. The molecular formula is C17H12F6N2O3S3. The molecule has 14 heteroatoms. The summed E-state index contributed by atoms with van der Waals surface area (Å²) in [4.78, 5) is 6.01. The molecule has 0 amide bonds. The molecule has 0 fully saturated rings. The molecule has 3 rings (SSSR count). The first-order valence-electron chi connectivity index (χ1n) is 8.30. The number of thiazole rings is 2. The molecular weight excluding hydrogens is 490 g/mol. The van der Waals surface area contributed by atoms with Crippen molar-refractivity contribution in [1.82, 2.24) is 9.97 Å². The monoisotopic (exact) mass is 502 g/mol. The second-order valence-electron chi connectivity index (χ2n) is 6.25. The third-order valence-electron chi connectivity index (χ3n) is 3.82. The first kappa shape index (κ1) is 23.6. The van der Waals surface area contributed by atoms with Crippen molar-refractivity contribution < 1.29 is 38.9 Å². The fraction of sp³-hybridized carbons (Fsp3) is 0.294. The van der Waals surface area contributed by atoms with Gasteiger partial charge in [0.2, 0.25) is 0 Å². The number of aryl methyl sites for hydroxylation is 1. The van der Waals surface area contributed by atoms with E-state index in [0.717, 1.165) is 18.0 Å². The molecule has 0 spiro atoms. The van der Waals surface area contributed by atoms with Gasteiger partial charge in [-0.3, -0.25) is 4.18 Å². The Balaban J connectivity index is 1.95. The summed E-state index contributed by atoms with van der Waals surface area (Å²) in [6.07, 6.45) is -9.76. The van der Waals surface area contributed by atoms with Crippen LogP contribution in [0.25, 0.3) is 0 Å². The van der Waals surface area contributed by atoms with E-state index in [1.54, 1.807) is 6.92 Å². The summed E-state index contributed by atoms with van der Waals surface area (Å²) in [6.45, 7) is 1.72. The highest BCUT2D eigenvalue weighted by molar-refractivity contribution is 7.86. The van der Waals surface area contributed by atoms with Gasteiger partial charge < -0.3 is 0 Å². The molecule has 0 saturated carbocycles. The molecule has 2 heterocycles. The summed E-state index contributed by atoms with van der Waals surface area (Å²) in [7, 11) is -4.43. The lowest BCUT2D eigenvalue weighted by Crippen LogP contribution is -2.13. The van der Waals surface area contributed by atoms with Crippen LogP contribution in [0.2, 0.25) is 0 Å². The standard InChI is InChI=1S/C17H12F6N2O3S3/c1-9-2-4-11(5-3-9)31(26,27)28-12(13-8-25-15(30-13)17(21,22)23)6-10-7-24-14(29-10)16(18,19)20/h2-5,7-8,12H,6H2,1H3. The van der Waals surface area contributed by atoms with Gasteiger partial charge in [0, 0.05) is 23.7 Å². The van der Waals surface area contributed by atoms with E-state index in [1.165, 1.54) is 24.3 Å². The van der Waals surface area contributed by atoms with Gasteiger partial charge >= 0.3 is 12.4 Å². The molecule has 1 atom stereocenters. The van der Waals surface area contributed by atoms with Crippen LogP contribution in [0.4, 0.5) is 26.3 Å². The summed E-state index contributed by atoms with van der Waals surface area (Å²) < 4.78 is 108. The Kier molecular flexibility index (Phi) is 6.47. The highest BCUT2D eigenvalue weighted by Crippen LogP contribution is 2.39. The minimum atomic E-state index is -4.77. The van der Waals surface area contributed by atoms with E-state index in [2.05, 4.69) is 9.97 Å². The zero-order valence-electron chi connectivity index (χ0n) is 15.4. The fourth-order valence-corrected chi connectivity index (χ4v) is 5.12. The molecule has 0 saturated heterocycles. The van der Waals surface area contributed by atoms with Crippen LogP contribution in [0.5, 0.6) is 0 Å². The topological polar surface area (TPSA) is 69.2 Å². The summed E-state index contributed by atoms with van der Waals surface area (Å²) in [5.41, 5.74) is 0.761. The maximum absolute atomic E-state index is 12.9. The van der Waals surface area contributed by atoms with Gasteiger partial charge in [0.15, 0.2) is 10.0 Å². The van der Waals surface area contributed by atoms with Gasteiger partial charge in [-0.05, 0) is 19.1 Å². The lowest BCUT2D eigenvalue weighted by Gasteiger charge is -2.15. The van der Waals surface area contributed by atoms with Crippen molar-refractivity contribution >= 4 is 32.8 Å². The van der Waals surface area contributed by atoms with E-state index in [0.29, 0.717) is 0 Å². The average molecular weight is 502 g/mol. The van der Waals surface area contributed by atoms with Crippen molar-refractivity contribution in [2.45, 2.75) is 36.7 Å². The van der Waals surface area contributed by atoms with Crippen LogP contribution < -0.4 is 0 Å². The van der Waals surface area contributed by atoms with Crippen LogP contribution in [-0.2, 0) is 33.1 Å². The van der Waals surface area contributed by atoms with Gasteiger partial charge in [0.25, 0.3) is 10.1 Å². The molecule has 1 aromatic carbocycles. The molecule has 2 aromatic heterocycles. The zero-order valence-corrected chi connectivity index (χ0v) is 17.8. The van der Waals surface area contributed by atoms with E-state index >= 15 is 0 Å². The van der Waals surface area contributed by atoms with Crippen molar-refractivity contribution in [3.63, 3.8) is 0 Å². The van der Waals surface area contributed by atoms with Crippen molar-refractivity contribution in [3.8, 4) is 0 Å². The SMILES string of the molecule is Cc1ccc(S(=O)(=O)OC(Cc2cnc(C(F)(F)F)s2)c2cnc(C(F)(F)F)s2)cc1. The maximum Gasteiger partial charge on any atom is 0.443 e. The number of hydrogen-bond acceptors (Lipinski definition) is 7. The molecule has 0 radical (unpaired) electrons. The minimum Gasteiger partial charge on any atom is -0.257 e. The van der Waals surface area contributed by atoms with Crippen LogP contribution >= 0.6 is 22.7 Å². The number of aromatic nitrogens is 2. The van der Waals surface area contributed by atoms with Gasteiger partial charge in [-0.2, -0.15) is 34.8 Å². The van der Waals surface area contributed by atoms with Gasteiger partial charge in [0.05, 0.1) is 9.77 Å². The summed E-state index contributed by atoms with van der Waals surface area (Å²) in [6, 6.07) is 5.50. The Labute approximate surface area is 180 Å². The van der Waals surface area contributed by atoms with Crippen LogP contribution in [0.1, 0.15) is 31.4 Å². The maximum atomic E-state index is 12.9. The first-order valence-corrected chi connectivity index (χ1v) is 11.3. The van der Waals surface area contributed by atoms with E-state index in [-0.39, 0.29) is 37.3 Å². The van der Waals surface area contributed by atoms with E-state index in [9.17, 15) is 34.8 Å². The predicted octanol–water partition coefficient (Wildman–Crippen LogP) is 5.63. The molecule has 31 heavy (non-hydrogen) atoms. The lowest BCUT2D eigenvalue weighted by atomic mass is 10.2. The quantitative estimate of drug-likeness (QED) is 0.323. The molecule has 168 valence electrons. The Hall–Kier alpha value is -2.03. The molecule has 5 nitrogen and oxygen atoms in total. The number of rotatable bonds is 6. The molecule has 0 bridgehead atoms. The Morgan fingerprint density at radius 1 is 0.935 bits per heavy atom. The van der Waals surface area contributed by atoms with Crippen LogP contribution in [-0.4, -0.2) is 18.4 Å². The normalized spacial score (nSPS) is 14.0. The molecule has 3 aromatic rings. The smallest absolute Gasteiger partial charge is 0.257 e. The third-order valence-corrected chi connectivity index (χ3v) is 7.35. The highest BCUT2D eigenvalue weighted by Gasteiger charge is 2.37. The zero-order chi connectivity index (χ0) is 23.0. The highest BCUT2D eigenvalue weighted by atomic mass is 32.2. The second kappa shape index (κ2) is 8.48. The molecule has 0 N–H and O–H groups in total. The number of hydrogen-bond donors (Lipinski definition) is 0. The lowest BCUT2D eigenvalue weighted by molar-refractivity contribution is -0.138. The molecule has 0 aliphatic rings. The van der Waals surface area contributed by atoms with E-state index < -0.39 is 45.0 Å². The third kappa shape index (κ3) is 5.81. The van der Waals surface area contributed by atoms with Gasteiger partial charge in [0.1, 0.15) is 6.10 Å². The van der Waals surface area contributed by atoms with Gasteiger partial charge in [-0.15, -0.1) is 22.7 Å². The van der Waals surface area contributed by atoms with Crippen molar-refractivity contribution in [2.75, 3.05) is 0 Å². The molecule has 0 aliphatic heterocycles. The van der Waals surface area contributed by atoms with Crippen molar-refractivity contribution in [2.24, 2.45) is 0 Å². The van der Waals surface area contributed by atoms with Crippen LogP contribution in [0.15, 0.2) is 41.6 Å².